The van der Waals surface area contributed by atoms with Crippen LogP contribution >= 0.6 is 39.1 Å². The average Bonchev–Trinajstić information content (AvgIpc) is 2.59. The third kappa shape index (κ3) is 3.14. The van der Waals surface area contributed by atoms with E-state index in [0.29, 0.717) is 16.5 Å². The van der Waals surface area contributed by atoms with E-state index >= 15 is 0 Å². The maximum Gasteiger partial charge on any atom is 0.0847 e. The van der Waals surface area contributed by atoms with Gasteiger partial charge in [0.1, 0.15) is 0 Å². The lowest BCUT2D eigenvalue weighted by Crippen LogP contribution is -2.16. The first-order valence-electron chi connectivity index (χ1n) is 5.78. The van der Waals surface area contributed by atoms with Gasteiger partial charge in [0.15, 0.2) is 0 Å². The average molecular weight is 363 g/mol. The second-order valence-corrected chi connectivity index (χ2v) is 6.15. The van der Waals surface area contributed by atoms with E-state index in [0.717, 1.165) is 21.4 Å². The van der Waals surface area contributed by atoms with Crippen molar-refractivity contribution in [3.63, 3.8) is 0 Å². The van der Waals surface area contributed by atoms with Gasteiger partial charge in [-0.1, -0.05) is 39.1 Å². The molecule has 0 saturated carbocycles. The number of nitrogens with zero attached hydrogens (tertiary/aromatic N) is 2. The molecule has 3 nitrogen and oxygen atoms in total. The Labute approximate surface area is 130 Å². The quantitative estimate of drug-likeness (QED) is 0.895. The van der Waals surface area contributed by atoms with Crippen LogP contribution in [0, 0.1) is 6.92 Å². The monoisotopic (exact) mass is 361 g/mol. The summed E-state index contributed by atoms with van der Waals surface area (Å²) in [6.45, 7) is 1.88. The number of hydrogen-bond donors (Lipinski definition) is 1. The minimum atomic E-state index is -0.225. The van der Waals surface area contributed by atoms with Gasteiger partial charge in [0, 0.05) is 29.0 Å². The Bertz CT molecular complexity index is 610. The molecule has 1 heterocycles. The molecule has 6 heteroatoms. The molecule has 1 atom stereocenters. The standard InChI is InChI=1S/C13H14BrCl2N3/c1-7-13(16)12(19(2)18-7)6-11(17)9-5-8(14)3-4-10(9)15/h3-5,11H,6,17H2,1-2H3. The second kappa shape index (κ2) is 5.83. The zero-order valence-corrected chi connectivity index (χ0v) is 13.7. The third-order valence-electron chi connectivity index (χ3n) is 3.03. The summed E-state index contributed by atoms with van der Waals surface area (Å²) in [5.41, 5.74) is 8.86. The highest BCUT2D eigenvalue weighted by Gasteiger charge is 2.17. The van der Waals surface area contributed by atoms with Crippen LogP contribution < -0.4 is 5.73 Å². The fraction of sp³-hybridized carbons (Fsp3) is 0.308. The molecule has 0 aliphatic carbocycles. The summed E-state index contributed by atoms with van der Waals surface area (Å²) in [4.78, 5) is 0. The topological polar surface area (TPSA) is 43.8 Å². The molecular weight excluding hydrogens is 349 g/mol. The van der Waals surface area contributed by atoms with Crippen LogP contribution in [0.1, 0.15) is 23.0 Å². The Hall–Kier alpha value is -0.550. The third-order valence-corrected chi connectivity index (χ3v) is 4.36. The lowest BCUT2D eigenvalue weighted by Gasteiger charge is -2.14. The minimum Gasteiger partial charge on any atom is -0.324 e. The molecule has 0 radical (unpaired) electrons. The molecule has 102 valence electrons. The van der Waals surface area contributed by atoms with Crippen molar-refractivity contribution in [2.45, 2.75) is 19.4 Å². The van der Waals surface area contributed by atoms with Crippen molar-refractivity contribution in [2.24, 2.45) is 12.8 Å². The Morgan fingerprint density at radius 2 is 2.11 bits per heavy atom. The van der Waals surface area contributed by atoms with Crippen LogP contribution in [0.3, 0.4) is 0 Å². The predicted octanol–water partition coefficient (Wildman–Crippen LogP) is 4.04. The molecule has 0 spiro atoms. The fourth-order valence-corrected chi connectivity index (χ4v) is 2.89. The van der Waals surface area contributed by atoms with Gasteiger partial charge in [-0.15, -0.1) is 0 Å². The van der Waals surface area contributed by atoms with Crippen LogP contribution in [-0.4, -0.2) is 9.78 Å². The van der Waals surface area contributed by atoms with Crippen molar-refractivity contribution in [1.29, 1.82) is 0 Å². The Morgan fingerprint density at radius 1 is 1.42 bits per heavy atom. The molecule has 0 amide bonds. The van der Waals surface area contributed by atoms with Gasteiger partial charge in [-0.3, -0.25) is 4.68 Å². The van der Waals surface area contributed by atoms with Gasteiger partial charge in [-0.25, -0.2) is 0 Å². The van der Waals surface area contributed by atoms with E-state index in [9.17, 15) is 0 Å². The lowest BCUT2D eigenvalue weighted by molar-refractivity contribution is 0.640. The smallest absolute Gasteiger partial charge is 0.0847 e. The molecule has 1 aromatic heterocycles. The van der Waals surface area contributed by atoms with Crippen molar-refractivity contribution >= 4 is 39.1 Å². The van der Waals surface area contributed by atoms with Gasteiger partial charge in [0.2, 0.25) is 0 Å². The number of nitrogens with two attached hydrogens (primary N) is 1. The maximum atomic E-state index is 6.24. The predicted molar refractivity (Wildman–Crippen MR) is 82.7 cm³/mol. The van der Waals surface area contributed by atoms with Crippen LogP contribution in [0.2, 0.25) is 10.0 Å². The molecule has 0 aliphatic rings. The molecule has 2 N–H and O–H groups in total. The molecule has 0 fully saturated rings. The number of hydrogen-bond acceptors (Lipinski definition) is 2. The van der Waals surface area contributed by atoms with E-state index in [2.05, 4.69) is 21.0 Å². The van der Waals surface area contributed by atoms with Crippen LogP contribution in [0.25, 0.3) is 0 Å². The number of aryl methyl sites for hydroxylation is 2. The Balaban J connectivity index is 2.30. The van der Waals surface area contributed by atoms with Crippen LogP contribution in [0.5, 0.6) is 0 Å². The van der Waals surface area contributed by atoms with Crippen molar-refractivity contribution in [3.05, 3.63) is 49.7 Å². The molecule has 0 saturated heterocycles. The fourth-order valence-electron chi connectivity index (χ4n) is 2.02. The first kappa shape index (κ1) is 14.9. The summed E-state index contributed by atoms with van der Waals surface area (Å²) < 4.78 is 2.72. The van der Waals surface area contributed by atoms with E-state index in [-0.39, 0.29) is 6.04 Å². The molecular formula is C13H14BrCl2N3. The van der Waals surface area contributed by atoms with Crippen LogP contribution in [0.4, 0.5) is 0 Å². The van der Waals surface area contributed by atoms with Crippen molar-refractivity contribution in [3.8, 4) is 0 Å². The highest BCUT2D eigenvalue weighted by atomic mass is 79.9. The zero-order chi connectivity index (χ0) is 14.2. The van der Waals surface area contributed by atoms with E-state index < -0.39 is 0 Å². The first-order chi connectivity index (χ1) is 8.90. The van der Waals surface area contributed by atoms with Gasteiger partial charge in [-0.05, 0) is 30.7 Å². The van der Waals surface area contributed by atoms with E-state index in [1.807, 2.05) is 32.2 Å². The summed E-state index contributed by atoms with van der Waals surface area (Å²) in [6.07, 6.45) is 0.590. The van der Waals surface area contributed by atoms with Gasteiger partial charge >= 0.3 is 0 Å². The molecule has 2 aromatic rings. The molecule has 19 heavy (non-hydrogen) atoms. The van der Waals surface area contributed by atoms with Crippen LogP contribution in [0.15, 0.2) is 22.7 Å². The lowest BCUT2D eigenvalue weighted by atomic mass is 10.0. The second-order valence-electron chi connectivity index (χ2n) is 4.45. The van der Waals surface area contributed by atoms with E-state index in [4.69, 9.17) is 28.9 Å². The van der Waals surface area contributed by atoms with Crippen molar-refractivity contribution < 1.29 is 0 Å². The molecule has 0 bridgehead atoms. The Kier molecular flexibility index (Phi) is 4.56. The number of benzene rings is 1. The van der Waals surface area contributed by atoms with Gasteiger partial charge in [0.05, 0.1) is 16.4 Å². The summed E-state index contributed by atoms with van der Waals surface area (Å²) in [5.74, 6) is 0. The normalized spacial score (nSPS) is 12.7. The zero-order valence-electron chi connectivity index (χ0n) is 10.6. The Morgan fingerprint density at radius 3 is 2.68 bits per heavy atom. The number of rotatable bonds is 3. The molecule has 0 aliphatic heterocycles. The summed E-state index contributed by atoms with van der Waals surface area (Å²) in [6, 6.07) is 5.43. The number of halogens is 3. The van der Waals surface area contributed by atoms with Gasteiger partial charge < -0.3 is 5.73 Å². The summed E-state index contributed by atoms with van der Waals surface area (Å²) in [5, 5.41) is 5.61. The highest BCUT2D eigenvalue weighted by molar-refractivity contribution is 9.10. The largest absolute Gasteiger partial charge is 0.324 e. The SMILES string of the molecule is Cc1nn(C)c(CC(N)c2cc(Br)ccc2Cl)c1Cl. The van der Waals surface area contributed by atoms with E-state index in [1.54, 1.807) is 4.68 Å². The summed E-state index contributed by atoms with van der Waals surface area (Å²) >= 11 is 15.8. The van der Waals surface area contributed by atoms with Crippen molar-refractivity contribution in [1.82, 2.24) is 9.78 Å². The van der Waals surface area contributed by atoms with Gasteiger partial charge in [0.25, 0.3) is 0 Å². The van der Waals surface area contributed by atoms with E-state index in [1.165, 1.54) is 0 Å². The highest BCUT2D eigenvalue weighted by Crippen LogP contribution is 2.29. The van der Waals surface area contributed by atoms with Gasteiger partial charge in [-0.2, -0.15) is 5.10 Å². The van der Waals surface area contributed by atoms with Crippen molar-refractivity contribution in [2.75, 3.05) is 0 Å². The first-order valence-corrected chi connectivity index (χ1v) is 7.33. The molecule has 1 aromatic carbocycles. The minimum absolute atomic E-state index is 0.225. The molecule has 2 rings (SSSR count). The maximum absolute atomic E-state index is 6.24. The van der Waals surface area contributed by atoms with Crippen LogP contribution in [-0.2, 0) is 13.5 Å². The molecule has 1 unspecified atom stereocenters. The summed E-state index contributed by atoms with van der Waals surface area (Å²) in [7, 11) is 1.86. The number of aromatic nitrogens is 2.